The Kier molecular flexibility index (Phi) is 8.28. The molecule has 33 heavy (non-hydrogen) atoms. The third kappa shape index (κ3) is 8.11. The summed E-state index contributed by atoms with van der Waals surface area (Å²) in [5, 5.41) is 13.3. The van der Waals surface area contributed by atoms with Crippen LogP contribution in [0.3, 0.4) is 0 Å². The molecule has 0 bridgehead atoms. The second-order valence-corrected chi connectivity index (χ2v) is 12.2. The minimum Gasteiger partial charge on any atom is -0.444 e. The standard InChI is InChI=1S/C22H29NO8S2/c1-15-6-10-18(11-7-15)33(28,29)30-14-19(23-21(25)31-22(2,3)4)20(24)16-8-12-17(13-9-16)32(5,26)27/h6-13,19-20,24H,14H2,1-5H3,(H,23,25)/t19-,20-/m1/s1. The molecule has 0 aliphatic rings. The normalized spacial score (nSPS) is 14.4. The van der Waals surface area contributed by atoms with E-state index >= 15 is 0 Å². The van der Waals surface area contributed by atoms with Crippen LogP contribution in [0.1, 0.15) is 38.0 Å². The number of hydrogen-bond acceptors (Lipinski definition) is 8. The van der Waals surface area contributed by atoms with Gasteiger partial charge in [0.1, 0.15) is 11.7 Å². The number of rotatable bonds is 8. The summed E-state index contributed by atoms with van der Waals surface area (Å²) in [6.45, 7) is 6.18. The Balaban J connectivity index is 2.26. The molecule has 0 heterocycles. The van der Waals surface area contributed by atoms with Gasteiger partial charge in [-0.15, -0.1) is 0 Å². The Morgan fingerprint density at radius 3 is 1.97 bits per heavy atom. The molecule has 0 fully saturated rings. The molecule has 0 aliphatic heterocycles. The molecular formula is C22H29NO8S2. The lowest BCUT2D eigenvalue weighted by atomic mass is 10.0. The van der Waals surface area contributed by atoms with Gasteiger partial charge in [0.15, 0.2) is 9.84 Å². The lowest BCUT2D eigenvalue weighted by molar-refractivity contribution is 0.0369. The number of aliphatic hydroxyl groups is 1. The van der Waals surface area contributed by atoms with Crippen molar-refractivity contribution in [3.63, 3.8) is 0 Å². The summed E-state index contributed by atoms with van der Waals surface area (Å²) >= 11 is 0. The summed E-state index contributed by atoms with van der Waals surface area (Å²) in [5.41, 5.74) is 0.289. The monoisotopic (exact) mass is 499 g/mol. The van der Waals surface area contributed by atoms with Gasteiger partial charge < -0.3 is 15.2 Å². The minimum atomic E-state index is -4.17. The first-order valence-electron chi connectivity index (χ1n) is 10.0. The number of amides is 1. The molecule has 0 saturated heterocycles. The van der Waals surface area contributed by atoms with Crippen LogP contribution in [-0.4, -0.2) is 52.5 Å². The van der Waals surface area contributed by atoms with E-state index in [-0.39, 0.29) is 15.4 Å². The number of benzene rings is 2. The Labute approximate surface area is 194 Å². The molecule has 2 rings (SSSR count). The van der Waals surface area contributed by atoms with E-state index in [9.17, 15) is 26.7 Å². The third-order valence-corrected chi connectivity index (χ3v) is 6.87. The minimum absolute atomic E-state index is 0.0494. The van der Waals surface area contributed by atoms with E-state index in [1.54, 1.807) is 32.9 Å². The van der Waals surface area contributed by atoms with Crippen LogP contribution in [0.4, 0.5) is 4.79 Å². The molecule has 0 aliphatic carbocycles. The molecule has 9 nitrogen and oxygen atoms in total. The van der Waals surface area contributed by atoms with Crippen LogP contribution in [0.5, 0.6) is 0 Å². The quantitative estimate of drug-likeness (QED) is 0.529. The van der Waals surface area contributed by atoms with Crippen molar-refractivity contribution in [2.45, 2.75) is 55.2 Å². The highest BCUT2D eigenvalue weighted by molar-refractivity contribution is 7.90. The van der Waals surface area contributed by atoms with Gasteiger partial charge >= 0.3 is 6.09 Å². The molecule has 0 saturated carbocycles. The molecule has 2 atom stereocenters. The number of carbonyl (C=O) groups excluding carboxylic acids is 1. The third-order valence-electron chi connectivity index (χ3n) is 4.45. The van der Waals surface area contributed by atoms with E-state index in [4.69, 9.17) is 8.92 Å². The molecule has 0 spiro atoms. The number of ether oxygens (including phenoxy) is 1. The van der Waals surface area contributed by atoms with Crippen molar-refractivity contribution in [2.75, 3.05) is 12.9 Å². The van der Waals surface area contributed by atoms with Crippen LogP contribution in [0, 0.1) is 6.92 Å². The van der Waals surface area contributed by atoms with Crippen molar-refractivity contribution in [3.8, 4) is 0 Å². The molecule has 0 unspecified atom stereocenters. The zero-order chi connectivity index (χ0) is 25.0. The van der Waals surface area contributed by atoms with E-state index in [0.29, 0.717) is 0 Å². The summed E-state index contributed by atoms with van der Waals surface area (Å²) in [6.07, 6.45) is -1.25. The van der Waals surface area contributed by atoms with Gasteiger partial charge in [-0.25, -0.2) is 13.2 Å². The first kappa shape index (κ1) is 26.8. The number of aliphatic hydroxyl groups excluding tert-OH is 1. The van der Waals surface area contributed by atoms with Crippen molar-refractivity contribution >= 4 is 26.0 Å². The molecule has 2 aromatic carbocycles. The zero-order valence-corrected chi connectivity index (χ0v) is 20.7. The number of aryl methyl sites for hydroxylation is 1. The van der Waals surface area contributed by atoms with Gasteiger partial charge in [-0.2, -0.15) is 8.42 Å². The average Bonchev–Trinajstić information content (AvgIpc) is 2.69. The maximum atomic E-state index is 12.6. The summed E-state index contributed by atoms with van der Waals surface area (Å²) in [7, 11) is -7.61. The van der Waals surface area contributed by atoms with E-state index in [1.807, 2.05) is 6.92 Å². The Morgan fingerprint density at radius 2 is 1.48 bits per heavy atom. The Bertz CT molecular complexity index is 1170. The van der Waals surface area contributed by atoms with Crippen molar-refractivity contribution < 1.29 is 35.7 Å². The maximum absolute atomic E-state index is 12.6. The fourth-order valence-electron chi connectivity index (χ4n) is 2.75. The van der Waals surface area contributed by atoms with Gasteiger partial charge in [0, 0.05) is 6.26 Å². The van der Waals surface area contributed by atoms with E-state index in [0.717, 1.165) is 11.8 Å². The van der Waals surface area contributed by atoms with Crippen molar-refractivity contribution in [1.29, 1.82) is 0 Å². The Morgan fingerprint density at radius 1 is 0.970 bits per heavy atom. The number of alkyl carbamates (subject to hydrolysis) is 1. The van der Waals surface area contributed by atoms with Gasteiger partial charge in [0.05, 0.1) is 22.4 Å². The zero-order valence-electron chi connectivity index (χ0n) is 19.1. The SMILES string of the molecule is Cc1ccc(S(=O)(=O)OC[C@@H](NC(=O)OC(C)(C)C)[C@H](O)c2ccc(S(C)(=O)=O)cc2)cc1. The fourth-order valence-corrected chi connectivity index (χ4v) is 4.31. The maximum Gasteiger partial charge on any atom is 0.408 e. The van der Waals surface area contributed by atoms with E-state index in [1.165, 1.54) is 36.4 Å². The molecule has 0 radical (unpaired) electrons. The molecule has 11 heteroatoms. The number of hydrogen-bond donors (Lipinski definition) is 2. The molecule has 2 N–H and O–H groups in total. The summed E-state index contributed by atoms with van der Waals surface area (Å²) < 4.78 is 58.8. The number of carbonyl (C=O) groups is 1. The fraction of sp³-hybridized carbons (Fsp3) is 0.409. The van der Waals surface area contributed by atoms with Crippen LogP contribution < -0.4 is 5.32 Å². The van der Waals surface area contributed by atoms with Crippen LogP contribution in [0.25, 0.3) is 0 Å². The van der Waals surface area contributed by atoms with Gasteiger partial charge in [-0.1, -0.05) is 29.8 Å². The summed E-state index contributed by atoms with van der Waals surface area (Å²) in [5.74, 6) is 0. The van der Waals surface area contributed by atoms with Crippen LogP contribution in [-0.2, 0) is 28.9 Å². The van der Waals surface area contributed by atoms with Gasteiger partial charge in [0.25, 0.3) is 10.1 Å². The van der Waals surface area contributed by atoms with Crippen LogP contribution >= 0.6 is 0 Å². The highest BCUT2D eigenvalue weighted by Crippen LogP contribution is 2.22. The van der Waals surface area contributed by atoms with Gasteiger partial charge in [0.2, 0.25) is 0 Å². The highest BCUT2D eigenvalue weighted by Gasteiger charge is 2.29. The van der Waals surface area contributed by atoms with Gasteiger partial charge in [-0.05, 0) is 57.5 Å². The smallest absolute Gasteiger partial charge is 0.408 e. The lowest BCUT2D eigenvalue weighted by Crippen LogP contribution is -2.45. The largest absolute Gasteiger partial charge is 0.444 e. The highest BCUT2D eigenvalue weighted by atomic mass is 32.2. The molecule has 1 amide bonds. The summed E-state index contributed by atoms with van der Waals surface area (Å²) in [4.78, 5) is 12.3. The molecule has 2 aromatic rings. The van der Waals surface area contributed by atoms with E-state index in [2.05, 4.69) is 5.32 Å². The Hall–Kier alpha value is -2.47. The average molecular weight is 500 g/mol. The van der Waals surface area contributed by atoms with Crippen molar-refractivity contribution in [1.82, 2.24) is 5.32 Å². The number of nitrogens with one attached hydrogen (secondary N) is 1. The molecule has 0 aromatic heterocycles. The van der Waals surface area contributed by atoms with Crippen LogP contribution in [0.15, 0.2) is 58.3 Å². The number of sulfone groups is 1. The molecule has 182 valence electrons. The van der Waals surface area contributed by atoms with Crippen molar-refractivity contribution in [2.24, 2.45) is 0 Å². The lowest BCUT2D eigenvalue weighted by Gasteiger charge is -2.26. The summed E-state index contributed by atoms with van der Waals surface area (Å²) in [6, 6.07) is 10.2. The van der Waals surface area contributed by atoms with E-state index < -0.39 is 50.4 Å². The second kappa shape index (κ2) is 10.2. The van der Waals surface area contributed by atoms with Crippen LogP contribution in [0.2, 0.25) is 0 Å². The molecular weight excluding hydrogens is 470 g/mol. The topological polar surface area (TPSA) is 136 Å². The van der Waals surface area contributed by atoms with Crippen molar-refractivity contribution in [3.05, 3.63) is 59.7 Å². The second-order valence-electron chi connectivity index (χ2n) is 8.59. The first-order chi connectivity index (χ1) is 15.1. The predicted octanol–water partition coefficient (Wildman–Crippen LogP) is 2.73. The van der Waals surface area contributed by atoms with Gasteiger partial charge in [-0.3, -0.25) is 4.18 Å². The predicted molar refractivity (Wildman–Crippen MR) is 122 cm³/mol. The first-order valence-corrected chi connectivity index (χ1v) is 13.3.